The number of ether oxygens (including phenoxy) is 1. The van der Waals surface area contributed by atoms with E-state index in [1.54, 1.807) is 0 Å². The number of carbonyl (C=O) groups is 1. The Morgan fingerprint density at radius 2 is 2.15 bits per heavy atom. The molecule has 0 aromatic heterocycles. The maximum absolute atomic E-state index is 11.8. The van der Waals surface area contributed by atoms with Crippen LogP contribution >= 0.6 is 12.4 Å². The second-order valence-corrected chi connectivity index (χ2v) is 7.01. The second kappa shape index (κ2) is 7.56. The third-order valence-electron chi connectivity index (χ3n) is 3.53. The van der Waals surface area contributed by atoms with Gasteiger partial charge in [-0.3, -0.25) is 4.79 Å². The first-order valence-corrected chi connectivity index (χ1v) is 8.25. The van der Waals surface area contributed by atoms with Gasteiger partial charge in [-0.2, -0.15) is 0 Å². The quantitative estimate of drug-likeness (QED) is 0.679. The van der Waals surface area contributed by atoms with Crippen molar-refractivity contribution < 1.29 is 17.9 Å². The van der Waals surface area contributed by atoms with E-state index in [1.165, 1.54) is 4.31 Å². The fourth-order valence-corrected chi connectivity index (χ4v) is 3.96. The Balaban J connectivity index is 0.00000200. The second-order valence-electron chi connectivity index (χ2n) is 4.92. The van der Waals surface area contributed by atoms with Crippen molar-refractivity contribution in [2.24, 2.45) is 5.73 Å². The molecule has 2 saturated heterocycles. The first-order chi connectivity index (χ1) is 9.03. The van der Waals surface area contributed by atoms with Crippen molar-refractivity contribution in [1.29, 1.82) is 0 Å². The lowest BCUT2D eigenvalue weighted by molar-refractivity contribution is -0.131. The minimum Gasteiger partial charge on any atom is -0.364 e. The average molecular weight is 328 g/mol. The standard InChI is InChI=1S/C11H21N3O4S.ClH/c12-8-9-2-3-10(18-9)11(15)13-4-6-14-5-1-7-19(14,16)17;/h9-10H,1-8,12H2,(H,13,15);1H/t9-,10+;/m1./s1. The van der Waals surface area contributed by atoms with Crippen molar-refractivity contribution in [1.82, 2.24) is 9.62 Å². The molecule has 0 unspecified atom stereocenters. The van der Waals surface area contributed by atoms with Crippen molar-refractivity contribution in [2.45, 2.75) is 31.5 Å². The van der Waals surface area contributed by atoms with Crippen LogP contribution in [0.1, 0.15) is 19.3 Å². The van der Waals surface area contributed by atoms with Crippen molar-refractivity contribution in [3.8, 4) is 0 Å². The van der Waals surface area contributed by atoms with E-state index in [-0.39, 0.29) is 30.2 Å². The Bertz CT molecular complexity index is 431. The van der Waals surface area contributed by atoms with Crippen molar-refractivity contribution in [3.05, 3.63) is 0 Å². The van der Waals surface area contributed by atoms with Gasteiger partial charge in [-0.05, 0) is 19.3 Å². The van der Waals surface area contributed by atoms with Gasteiger partial charge in [0.25, 0.3) is 0 Å². The lowest BCUT2D eigenvalue weighted by Gasteiger charge is -2.16. The van der Waals surface area contributed by atoms with Crippen LogP contribution in [0.4, 0.5) is 0 Å². The molecule has 0 aromatic carbocycles. The topological polar surface area (TPSA) is 102 Å². The Labute approximate surface area is 125 Å². The zero-order valence-corrected chi connectivity index (χ0v) is 12.9. The van der Waals surface area contributed by atoms with Crippen molar-refractivity contribution in [2.75, 3.05) is 31.9 Å². The Hall–Kier alpha value is -0.410. The summed E-state index contributed by atoms with van der Waals surface area (Å²) in [6.45, 7) is 1.63. The van der Waals surface area contributed by atoms with Crippen LogP contribution in [0.25, 0.3) is 0 Å². The highest BCUT2D eigenvalue weighted by atomic mass is 35.5. The number of carbonyl (C=O) groups excluding carboxylic acids is 1. The number of hydrogen-bond donors (Lipinski definition) is 2. The van der Waals surface area contributed by atoms with Gasteiger partial charge in [0.1, 0.15) is 6.10 Å². The van der Waals surface area contributed by atoms with E-state index in [4.69, 9.17) is 10.5 Å². The first kappa shape index (κ1) is 17.6. The predicted molar refractivity (Wildman–Crippen MR) is 77.2 cm³/mol. The molecular formula is C11H22ClN3O4S. The van der Waals surface area contributed by atoms with Gasteiger partial charge in [0.2, 0.25) is 15.9 Å². The minimum atomic E-state index is -3.08. The SMILES string of the molecule is Cl.NC[C@H]1CC[C@@H](C(=O)NCCN2CCCS2(=O)=O)O1. The number of nitrogens with one attached hydrogen (secondary N) is 1. The summed E-state index contributed by atoms with van der Waals surface area (Å²) >= 11 is 0. The molecule has 9 heteroatoms. The van der Waals surface area contributed by atoms with Crippen LogP contribution in [-0.2, 0) is 19.6 Å². The summed E-state index contributed by atoms with van der Waals surface area (Å²) in [6.07, 6.45) is 1.67. The minimum absolute atomic E-state index is 0. The molecule has 2 heterocycles. The van der Waals surface area contributed by atoms with E-state index in [1.807, 2.05) is 0 Å². The van der Waals surface area contributed by atoms with Gasteiger partial charge in [0.15, 0.2) is 0 Å². The fourth-order valence-electron chi connectivity index (χ4n) is 2.43. The maximum atomic E-state index is 11.8. The van der Waals surface area contributed by atoms with Gasteiger partial charge in [-0.15, -0.1) is 12.4 Å². The molecule has 2 aliphatic heterocycles. The molecule has 3 N–H and O–H groups in total. The molecule has 0 saturated carbocycles. The zero-order valence-electron chi connectivity index (χ0n) is 11.3. The smallest absolute Gasteiger partial charge is 0.249 e. The lowest BCUT2D eigenvalue weighted by Crippen LogP contribution is -2.40. The number of hydrogen-bond acceptors (Lipinski definition) is 5. The number of nitrogens with zero attached hydrogens (tertiary/aromatic N) is 1. The van der Waals surface area contributed by atoms with Gasteiger partial charge < -0.3 is 15.8 Å². The Kier molecular flexibility index (Phi) is 6.67. The van der Waals surface area contributed by atoms with Crippen LogP contribution < -0.4 is 11.1 Å². The Morgan fingerprint density at radius 3 is 2.70 bits per heavy atom. The van der Waals surface area contributed by atoms with Crippen LogP contribution in [0.3, 0.4) is 0 Å². The molecule has 2 rings (SSSR count). The molecule has 2 atom stereocenters. The first-order valence-electron chi connectivity index (χ1n) is 6.64. The van der Waals surface area contributed by atoms with E-state index in [2.05, 4.69) is 5.32 Å². The normalized spacial score (nSPS) is 29.1. The summed E-state index contributed by atoms with van der Waals surface area (Å²) in [5, 5.41) is 2.72. The van der Waals surface area contributed by atoms with Crippen LogP contribution in [0.2, 0.25) is 0 Å². The van der Waals surface area contributed by atoms with E-state index in [0.29, 0.717) is 39.0 Å². The molecular weight excluding hydrogens is 306 g/mol. The van der Waals surface area contributed by atoms with Crippen LogP contribution in [0, 0.1) is 0 Å². The molecule has 1 amide bonds. The molecule has 20 heavy (non-hydrogen) atoms. The number of amides is 1. The summed E-state index contributed by atoms with van der Waals surface area (Å²) in [4.78, 5) is 11.8. The monoisotopic (exact) mass is 327 g/mol. The van der Waals surface area contributed by atoms with E-state index in [0.717, 1.165) is 6.42 Å². The molecule has 0 aliphatic carbocycles. The highest BCUT2D eigenvalue weighted by Gasteiger charge is 2.31. The van der Waals surface area contributed by atoms with E-state index >= 15 is 0 Å². The number of rotatable bonds is 5. The largest absolute Gasteiger partial charge is 0.364 e. The zero-order chi connectivity index (χ0) is 13.9. The molecule has 2 aliphatic rings. The van der Waals surface area contributed by atoms with E-state index in [9.17, 15) is 13.2 Å². The molecule has 7 nitrogen and oxygen atoms in total. The number of sulfonamides is 1. The van der Waals surface area contributed by atoms with E-state index < -0.39 is 16.1 Å². The summed E-state index contributed by atoms with van der Waals surface area (Å²) in [5.74, 6) is 0.0396. The van der Waals surface area contributed by atoms with Gasteiger partial charge in [-0.1, -0.05) is 0 Å². The van der Waals surface area contributed by atoms with Gasteiger partial charge in [-0.25, -0.2) is 12.7 Å². The molecule has 2 fully saturated rings. The summed E-state index contributed by atoms with van der Waals surface area (Å²) < 4.78 is 30.0. The van der Waals surface area contributed by atoms with Crippen molar-refractivity contribution in [3.63, 3.8) is 0 Å². The highest BCUT2D eigenvalue weighted by Crippen LogP contribution is 2.18. The summed E-state index contributed by atoms with van der Waals surface area (Å²) in [6, 6.07) is 0. The third kappa shape index (κ3) is 4.29. The third-order valence-corrected chi connectivity index (χ3v) is 5.48. The van der Waals surface area contributed by atoms with Gasteiger partial charge in [0, 0.05) is 26.2 Å². The van der Waals surface area contributed by atoms with Gasteiger partial charge >= 0.3 is 0 Å². The highest BCUT2D eigenvalue weighted by molar-refractivity contribution is 7.89. The fraction of sp³-hybridized carbons (Fsp3) is 0.909. The number of halogens is 1. The number of nitrogens with two attached hydrogens (primary N) is 1. The molecule has 0 radical (unpaired) electrons. The average Bonchev–Trinajstić information content (AvgIpc) is 2.96. The lowest BCUT2D eigenvalue weighted by atomic mass is 10.2. The van der Waals surface area contributed by atoms with Crippen LogP contribution in [-0.4, -0.2) is 62.8 Å². The summed E-state index contributed by atoms with van der Waals surface area (Å²) in [5.41, 5.74) is 5.48. The molecule has 0 aromatic rings. The molecule has 0 spiro atoms. The van der Waals surface area contributed by atoms with Crippen LogP contribution in [0.5, 0.6) is 0 Å². The Morgan fingerprint density at radius 1 is 1.40 bits per heavy atom. The maximum Gasteiger partial charge on any atom is 0.249 e. The predicted octanol–water partition coefficient (Wildman–Crippen LogP) is -0.934. The molecule has 118 valence electrons. The molecule has 0 bridgehead atoms. The van der Waals surface area contributed by atoms with Gasteiger partial charge in [0.05, 0.1) is 11.9 Å². The van der Waals surface area contributed by atoms with Crippen LogP contribution in [0.15, 0.2) is 0 Å². The van der Waals surface area contributed by atoms with Crippen molar-refractivity contribution >= 4 is 28.3 Å². The summed E-state index contributed by atoms with van der Waals surface area (Å²) in [7, 11) is -3.08.